The van der Waals surface area contributed by atoms with Crippen LogP contribution in [0, 0.1) is 6.92 Å². The van der Waals surface area contributed by atoms with Crippen molar-refractivity contribution in [1.82, 2.24) is 4.98 Å². The van der Waals surface area contributed by atoms with Crippen LogP contribution in [0.3, 0.4) is 0 Å². The van der Waals surface area contributed by atoms with Gasteiger partial charge in [0.05, 0.1) is 0 Å². The Labute approximate surface area is 122 Å². The van der Waals surface area contributed by atoms with Crippen molar-refractivity contribution in [2.24, 2.45) is 10.9 Å². The zero-order valence-electron chi connectivity index (χ0n) is 11.5. The number of benzene rings is 1. The zero-order chi connectivity index (χ0) is 15.1. The number of para-hydroxylation sites is 1. The Balaban J connectivity index is 1.87. The van der Waals surface area contributed by atoms with E-state index in [4.69, 9.17) is 10.5 Å². The van der Waals surface area contributed by atoms with E-state index >= 15 is 0 Å². The Morgan fingerprint density at radius 2 is 2.00 bits per heavy atom. The monoisotopic (exact) mass is 285 g/mol. The first-order valence-corrected chi connectivity index (χ1v) is 6.30. The minimum atomic E-state index is -0.642. The van der Waals surface area contributed by atoms with Gasteiger partial charge in [0.25, 0.3) is 0 Å². The number of nitrogens with two attached hydrogens (primary N) is 1. The molecule has 0 spiro atoms. The molecule has 1 aromatic carbocycles. The standard InChI is InChI=1S/C15H15N3O3/c1-11-6-2-3-8-13(11)20-10-14(19)21-18-15(16)12-7-4-5-9-17-12/h2-9H,10H2,1H3,(H2,16,18). The van der Waals surface area contributed by atoms with Crippen molar-refractivity contribution in [3.63, 3.8) is 0 Å². The molecule has 2 aromatic rings. The molecule has 0 bridgehead atoms. The maximum atomic E-state index is 11.5. The summed E-state index contributed by atoms with van der Waals surface area (Å²) in [6.07, 6.45) is 1.57. The third-order valence-corrected chi connectivity index (χ3v) is 2.61. The predicted octanol–water partition coefficient (Wildman–Crippen LogP) is 1.63. The Morgan fingerprint density at radius 1 is 1.24 bits per heavy atom. The van der Waals surface area contributed by atoms with Crippen LogP contribution in [-0.4, -0.2) is 23.4 Å². The number of rotatable bonds is 5. The van der Waals surface area contributed by atoms with E-state index in [1.165, 1.54) is 0 Å². The van der Waals surface area contributed by atoms with Gasteiger partial charge in [0.2, 0.25) is 0 Å². The summed E-state index contributed by atoms with van der Waals surface area (Å²) >= 11 is 0. The maximum Gasteiger partial charge on any atom is 0.372 e. The summed E-state index contributed by atoms with van der Waals surface area (Å²) in [5.41, 5.74) is 7.01. The highest BCUT2D eigenvalue weighted by molar-refractivity contribution is 5.95. The molecule has 0 amide bonds. The van der Waals surface area contributed by atoms with Crippen molar-refractivity contribution in [3.8, 4) is 5.75 Å². The highest BCUT2D eigenvalue weighted by atomic mass is 16.7. The summed E-state index contributed by atoms with van der Waals surface area (Å²) in [4.78, 5) is 20.2. The molecular formula is C15H15N3O3. The van der Waals surface area contributed by atoms with Gasteiger partial charge in [-0.1, -0.05) is 29.4 Å². The normalized spacial score (nSPS) is 11.0. The average molecular weight is 285 g/mol. The van der Waals surface area contributed by atoms with E-state index in [2.05, 4.69) is 15.0 Å². The average Bonchev–Trinajstić information content (AvgIpc) is 2.52. The molecule has 1 aromatic heterocycles. The lowest BCUT2D eigenvalue weighted by Gasteiger charge is -2.06. The van der Waals surface area contributed by atoms with Crippen LogP contribution in [0.1, 0.15) is 11.3 Å². The van der Waals surface area contributed by atoms with Crippen LogP contribution in [0.5, 0.6) is 5.75 Å². The molecule has 2 N–H and O–H groups in total. The van der Waals surface area contributed by atoms with Crippen molar-refractivity contribution in [2.45, 2.75) is 6.92 Å². The molecule has 21 heavy (non-hydrogen) atoms. The molecule has 6 heteroatoms. The number of hydrogen-bond acceptors (Lipinski definition) is 5. The van der Waals surface area contributed by atoms with E-state index in [0.717, 1.165) is 5.56 Å². The molecule has 0 aliphatic rings. The third kappa shape index (κ3) is 4.31. The summed E-state index contributed by atoms with van der Waals surface area (Å²) in [7, 11) is 0. The number of pyridine rings is 1. The summed E-state index contributed by atoms with van der Waals surface area (Å²) in [5.74, 6) is 0.00750. The van der Waals surface area contributed by atoms with Crippen LogP contribution in [0.4, 0.5) is 0 Å². The summed E-state index contributed by atoms with van der Waals surface area (Å²) in [5, 5.41) is 3.53. The minimum absolute atomic E-state index is 0.0276. The van der Waals surface area contributed by atoms with Crippen molar-refractivity contribution >= 4 is 11.8 Å². The number of aromatic nitrogens is 1. The van der Waals surface area contributed by atoms with Gasteiger partial charge in [0.1, 0.15) is 11.4 Å². The van der Waals surface area contributed by atoms with Crippen LogP contribution in [0.15, 0.2) is 53.8 Å². The van der Waals surface area contributed by atoms with Crippen molar-refractivity contribution in [1.29, 1.82) is 0 Å². The molecule has 0 aliphatic heterocycles. The van der Waals surface area contributed by atoms with Crippen molar-refractivity contribution in [2.75, 3.05) is 6.61 Å². The summed E-state index contributed by atoms with van der Waals surface area (Å²) < 4.78 is 5.34. The summed E-state index contributed by atoms with van der Waals surface area (Å²) in [6, 6.07) is 12.5. The number of aryl methyl sites for hydroxylation is 1. The zero-order valence-corrected chi connectivity index (χ0v) is 11.5. The number of hydrogen-bond donors (Lipinski definition) is 1. The third-order valence-electron chi connectivity index (χ3n) is 2.61. The molecule has 0 saturated heterocycles. The largest absolute Gasteiger partial charge is 0.482 e. The fourth-order valence-corrected chi connectivity index (χ4v) is 1.54. The Bertz CT molecular complexity index is 642. The second kappa shape index (κ2) is 7.04. The first-order chi connectivity index (χ1) is 10.2. The maximum absolute atomic E-state index is 11.5. The molecular weight excluding hydrogens is 270 g/mol. The Kier molecular flexibility index (Phi) is 4.87. The van der Waals surface area contributed by atoms with Crippen LogP contribution < -0.4 is 10.5 Å². The first-order valence-electron chi connectivity index (χ1n) is 6.30. The topological polar surface area (TPSA) is 86.8 Å². The van der Waals surface area contributed by atoms with E-state index in [9.17, 15) is 4.79 Å². The lowest BCUT2D eigenvalue weighted by molar-refractivity contribution is -0.146. The van der Waals surface area contributed by atoms with Gasteiger partial charge in [0, 0.05) is 6.20 Å². The SMILES string of the molecule is Cc1ccccc1OCC(=O)O/N=C(/N)c1ccccn1. The van der Waals surface area contributed by atoms with Gasteiger partial charge in [-0.2, -0.15) is 0 Å². The van der Waals surface area contributed by atoms with Crippen LogP contribution in [-0.2, 0) is 9.63 Å². The van der Waals surface area contributed by atoms with E-state index in [1.54, 1.807) is 30.5 Å². The van der Waals surface area contributed by atoms with Gasteiger partial charge in [-0.25, -0.2) is 4.79 Å². The highest BCUT2D eigenvalue weighted by Crippen LogP contribution is 2.15. The molecule has 0 unspecified atom stereocenters. The molecule has 6 nitrogen and oxygen atoms in total. The fourth-order valence-electron chi connectivity index (χ4n) is 1.54. The molecule has 0 saturated carbocycles. The lowest BCUT2D eigenvalue weighted by Crippen LogP contribution is -2.18. The second-order valence-electron chi connectivity index (χ2n) is 4.21. The van der Waals surface area contributed by atoms with Gasteiger partial charge >= 0.3 is 5.97 Å². The molecule has 108 valence electrons. The number of oxime groups is 1. The van der Waals surface area contributed by atoms with E-state index in [1.807, 2.05) is 25.1 Å². The Morgan fingerprint density at radius 3 is 2.71 bits per heavy atom. The number of ether oxygens (including phenoxy) is 1. The lowest BCUT2D eigenvalue weighted by atomic mass is 10.2. The van der Waals surface area contributed by atoms with Crippen LogP contribution in [0.2, 0.25) is 0 Å². The quantitative estimate of drug-likeness (QED) is 0.390. The van der Waals surface area contributed by atoms with E-state index in [0.29, 0.717) is 11.4 Å². The van der Waals surface area contributed by atoms with Gasteiger partial charge < -0.3 is 15.3 Å². The van der Waals surface area contributed by atoms with Crippen molar-refractivity contribution < 1.29 is 14.4 Å². The molecule has 0 fully saturated rings. The number of carbonyl (C=O) groups excluding carboxylic acids is 1. The molecule has 2 rings (SSSR count). The van der Waals surface area contributed by atoms with Gasteiger partial charge in [-0.3, -0.25) is 4.98 Å². The minimum Gasteiger partial charge on any atom is -0.482 e. The fraction of sp³-hybridized carbons (Fsp3) is 0.133. The van der Waals surface area contributed by atoms with Gasteiger partial charge in [-0.15, -0.1) is 0 Å². The van der Waals surface area contributed by atoms with Crippen molar-refractivity contribution in [3.05, 3.63) is 59.9 Å². The number of carbonyl (C=O) groups is 1. The van der Waals surface area contributed by atoms with Gasteiger partial charge in [0.15, 0.2) is 12.4 Å². The number of amidine groups is 1. The molecule has 0 radical (unpaired) electrons. The van der Waals surface area contributed by atoms with Gasteiger partial charge in [-0.05, 0) is 30.7 Å². The molecule has 0 atom stereocenters. The first kappa shape index (κ1) is 14.5. The van der Waals surface area contributed by atoms with Crippen LogP contribution in [0.25, 0.3) is 0 Å². The number of nitrogens with zero attached hydrogens (tertiary/aromatic N) is 2. The smallest absolute Gasteiger partial charge is 0.372 e. The molecule has 0 aliphatic carbocycles. The van der Waals surface area contributed by atoms with E-state index in [-0.39, 0.29) is 12.4 Å². The highest BCUT2D eigenvalue weighted by Gasteiger charge is 2.07. The predicted molar refractivity (Wildman–Crippen MR) is 77.7 cm³/mol. The van der Waals surface area contributed by atoms with E-state index < -0.39 is 5.97 Å². The second-order valence-corrected chi connectivity index (χ2v) is 4.21. The van der Waals surface area contributed by atoms with Crippen LogP contribution >= 0.6 is 0 Å². The summed E-state index contributed by atoms with van der Waals surface area (Å²) in [6.45, 7) is 1.64. The molecule has 1 heterocycles. The Hall–Kier alpha value is -2.89.